The number of piperidine rings is 1. The maximum Gasteiger partial charge on any atom is 0.280 e. The standard InChI is InChI=1S/C10H14N6O2/c1-16-10(12-14-15-16)7-4-6(2-3-11-7)8-5-9(17)13-18-8/h5-7,11H,2-4H2,1H3,(H,13,17)/t6-,7+/m0/s1. The summed E-state index contributed by atoms with van der Waals surface area (Å²) >= 11 is 0. The van der Waals surface area contributed by atoms with Crippen LogP contribution in [0.1, 0.15) is 36.4 Å². The molecule has 18 heavy (non-hydrogen) atoms. The van der Waals surface area contributed by atoms with Crippen molar-refractivity contribution < 1.29 is 4.52 Å². The largest absolute Gasteiger partial charge is 0.383 e. The zero-order valence-corrected chi connectivity index (χ0v) is 9.96. The number of tetrazole rings is 1. The molecule has 2 aromatic rings. The number of H-pyrrole nitrogens is 1. The summed E-state index contributed by atoms with van der Waals surface area (Å²) in [6, 6.07) is 1.60. The summed E-state index contributed by atoms with van der Waals surface area (Å²) in [5.74, 6) is 1.73. The van der Waals surface area contributed by atoms with Crippen molar-refractivity contribution in [3.8, 4) is 0 Å². The smallest absolute Gasteiger partial charge is 0.280 e. The number of hydrogen-bond acceptors (Lipinski definition) is 6. The molecule has 0 aromatic carbocycles. The molecule has 2 atom stereocenters. The van der Waals surface area contributed by atoms with Crippen molar-refractivity contribution in [1.29, 1.82) is 0 Å². The van der Waals surface area contributed by atoms with Gasteiger partial charge in [-0.1, -0.05) is 0 Å². The van der Waals surface area contributed by atoms with Crippen LogP contribution in [0.2, 0.25) is 0 Å². The molecule has 2 aromatic heterocycles. The normalized spacial score (nSPS) is 24.3. The van der Waals surface area contributed by atoms with E-state index in [1.807, 2.05) is 7.05 Å². The molecule has 3 rings (SSSR count). The van der Waals surface area contributed by atoms with Gasteiger partial charge in [-0.05, 0) is 29.8 Å². The summed E-state index contributed by atoms with van der Waals surface area (Å²) in [7, 11) is 1.82. The Morgan fingerprint density at radius 3 is 3.11 bits per heavy atom. The lowest BCUT2D eigenvalue weighted by Crippen LogP contribution is -2.32. The van der Waals surface area contributed by atoms with E-state index in [2.05, 4.69) is 26.0 Å². The second-order valence-corrected chi connectivity index (χ2v) is 4.50. The van der Waals surface area contributed by atoms with Gasteiger partial charge >= 0.3 is 0 Å². The molecule has 1 fully saturated rings. The second kappa shape index (κ2) is 4.37. The molecule has 1 saturated heterocycles. The molecule has 0 spiro atoms. The van der Waals surface area contributed by atoms with Gasteiger partial charge in [0.05, 0.1) is 6.04 Å². The third-order valence-electron chi connectivity index (χ3n) is 3.31. The molecular weight excluding hydrogens is 236 g/mol. The van der Waals surface area contributed by atoms with Gasteiger partial charge in [0.1, 0.15) is 5.76 Å². The zero-order chi connectivity index (χ0) is 12.5. The van der Waals surface area contributed by atoms with Gasteiger partial charge in [-0.15, -0.1) is 5.10 Å². The molecule has 0 unspecified atom stereocenters. The Hall–Kier alpha value is -1.96. The maximum atomic E-state index is 11.1. The highest BCUT2D eigenvalue weighted by molar-refractivity contribution is 5.07. The number of aromatic nitrogens is 5. The van der Waals surface area contributed by atoms with E-state index in [4.69, 9.17) is 4.52 Å². The summed E-state index contributed by atoms with van der Waals surface area (Å²) in [6.45, 7) is 0.844. The minimum atomic E-state index is -0.194. The summed E-state index contributed by atoms with van der Waals surface area (Å²) in [5.41, 5.74) is -0.194. The van der Waals surface area contributed by atoms with Crippen LogP contribution < -0.4 is 10.9 Å². The van der Waals surface area contributed by atoms with Crippen LogP contribution >= 0.6 is 0 Å². The molecule has 96 valence electrons. The van der Waals surface area contributed by atoms with E-state index < -0.39 is 0 Å². The lowest BCUT2D eigenvalue weighted by atomic mass is 9.90. The van der Waals surface area contributed by atoms with Crippen LogP contribution in [0.3, 0.4) is 0 Å². The van der Waals surface area contributed by atoms with Crippen LogP contribution in [0, 0.1) is 0 Å². The Kier molecular flexibility index (Phi) is 2.71. The summed E-state index contributed by atoms with van der Waals surface area (Å²) in [4.78, 5) is 11.1. The SMILES string of the molecule is Cn1nnnc1[C@H]1C[C@@H](c2cc(=O)[nH]o2)CCN1. The number of hydrogen-bond donors (Lipinski definition) is 2. The van der Waals surface area contributed by atoms with E-state index in [1.165, 1.54) is 6.07 Å². The van der Waals surface area contributed by atoms with Crippen LogP contribution in [-0.4, -0.2) is 31.9 Å². The molecule has 0 amide bonds. The number of aryl methyl sites for hydroxylation is 1. The highest BCUT2D eigenvalue weighted by Gasteiger charge is 2.29. The molecule has 0 aliphatic carbocycles. The quantitative estimate of drug-likeness (QED) is 0.758. The Labute approximate surface area is 102 Å². The molecule has 0 saturated carbocycles. The summed E-state index contributed by atoms with van der Waals surface area (Å²) in [5, 5.41) is 17.2. The van der Waals surface area contributed by atoms with Crippen LogP contribution in [0.4, 0.5) is 0 Å². The zero-order valence-electron chi connectivity index (χ0n) is 9.96. The van der Waals surface area contributed by atoms with Gasteiger partial charge in [0.25, 0.3) is 5.56 Å². The van der Waals surface area contributed by atoms with Crippen molar-refractivity contribution in [3.63, 3.8) is 0 Å². The van der Waals surface area contributed by atoms with E-state index >= 15 is 0 Å². The highest BCUT2D eigenvalue weighted by atomic mass is 16.5. The van der Waals surface area contributed by atoms with Crippen LogP contribution in [0.15, 0.2) is 15.4 Å². The highest BCUT2D eigenvalue weighted by Crippen LogP contribution is 2.32. The molecule has 8 heteroatoms. The second-order valence-electron chi connectivity index (χ2n) is 4.50. The van der Waals surface area contributed by atoms with Gasteiger partial charge in [0.15, 0.2) is 5.82 Å². The van der Waals surface area contributed by atoms with Gasteiger partial charge in [0, 0.05) is 19.0 Å². The first-order valence-corrected chi connectivity index (χ1v) is 5.88. The Bertz CT molecular complexity index is 585. The topological polar surface area (TPSA) is 102 Å². The number of rotatable bonds is 2. The predicted molar refractivity (Wildman–Crippen MR) is 60.8 cm³/mol. The van der Waals surface area contributed by atoms with Gasteiger partial charge < -0.3 is 9.84 Å². The number of nitrogens with one attached hydrogen (secondary N) is 2. The summed E-state index contributed by atoms with van der Waals surface area (Å²) < 4.78 is 6.84. The molecule has 1 aliphatic heterocycles. The molecule has 3 heterocycles. The predicted octanol–water partition coefficient (Wildman–Crippen LogP) is -0.300. The number of aromatic amines is 1. The van der Waals surface area contributed by atoms with Gasteiger partial charge in [-0.25, -0.2) is 4.68 Å². The van der Waals surface area contributed by atoms with Crippen molar-refractivity contribution >= 4 is 0 Å². The van der Waals surface area contributed by atoms with E-state index in [1.54, 1.807) is 4.68 Å². The van der Waals surface area contributed by atoms with Crippen LogP contribution in [0.5, 0.6) is 0 Å². The minimum Gasteiger partial charge on any atom is -0.383 e. The Morgan fingerprint density at radius 1 is 1.56 bits per heavy atom. The van der Waals surface area contributed by atoms with E-state index in [-0.39, 0.29) is 17.5 Å². The molecule has 0 radical (unpaired) electrons. The average Bonchev–Trinajstić information content (AvgIpc) is 2.98. The first-order chi connectivity index (χ1) is 8.74. The third-order valence-corrected chi connectivity index (χ3v) is 3.31. The van der Waals surface area contributed by atoms with Crippen molar-refractivity contribution in [2.45, 2.75) is 24.8 Å². The molecular formula is C10H14N6O2. The molecule has 8 nitrogen and oxygen atoms in total. The summed E-state index contributed by atoms with van der Waals surface area (Å²) in [6.07, 6.45) is 1.75. The monoisotopic (exact) mass is 250 g/mol. The van der Waals surface area contributed by atoms with Crippen molar-refractivity contribution in [1.82, 2.24) is 30.7 Å². The fourth-order valence-electron chi connectivity index (χ4n) is 2.40. The molecule has 0 bridgehead atoms. The minimum absolute atomic E-state index is 0.0870. The molecule has 1 aliphatic rings. The van der Waals surface area contributed by atoms with E-state index in [0.717, 1.165) is 25.2 Å². The van der Waals surface area contributed by atoms with E-state index in [0.29, 0.717) is 5.76 Å². The van der Waals surface area contributed by atoms with Crippen molar-refractivity contribution in [3.05, 3.63) is 28.0 Å². The van der Waals surface area contributed by atoms with Gasteiger partial charge in [0.2, 0.25) is 0 Å². The van der Waals surface area contributed by atoms with Crippen LogP contribution in [-0.2, 0) is 7.05 Å². The van der Waals surface area contributed by atoms with Crippen molar-refractivity contribution in [2.75, 3.05) is 6.54 Å². The fourth-order valence-corrected chi connectivity index (χ4v) is 2.40. The van der Waals surface area contributed by atoms with Crippen molar-refractivity contribution in [2.24, 2.45) is 7.05 Å². The Morgan fingerprint density at radius 2 is 2.44 bits per heavy atom. The average molecular weight is 250 g/mol. The maximum absolute atomic E-state index is 11.1. The Balaban J connectivity index is 1.80. The van der Waals surface area contributed by atoms with Gasteiger partial charge in [-0.3, -0.25) is 4.79 Å². The van der Waals surface area contributed by atoms with Gasteiger partial charge in [-0.2, -0.15) is 5.16 Å². The first kappa shape index (κ1) is 11.1. The lowest BCUT2D eigenvalue weighted by Gasteiger charge is -2.27. The fraction of sp³-hybridized carbons (Fsp3) is 0.600. The third kappa shape index (κ3) is 1.94. The number of nitrogens with zero attached hydrogens (tertiary/aromatic N) is 4. The van der Waals surface area contributed by atoms with Crippen LogP contribution in [0.25, 0.3) is 0 Å². The molecule has 2 N–H and O–H groups in total. The first-order valence-electron chi connectivity index (χ1n) is 5.88. The lowest BCUT2D eigenvalue weighted by molar-refractivity contribution is 0.287. The van der Waals surface area contributed by atoms with E-state index in [9.17, 15) is 4.79 Å².